The minimum Gasteiger partial charge on any atom is -0.326 e. The first-order valence-corrected chi connectivity index (χ1v) is 7.89. The molecule has 0 aliphatic heterocycles. The van der Waals surface area contributed by atoms with Crippen LogP contribution in [0.3, 0.4) is 0 Å². The van der Waals surface area contributed by atoms with E-state index < -0.39 is 0 Å². The molecule has 0 fully saturated rings. The molecule has 21 heavy (non-hydrogen) atoms. The van der Waals surface area contributed by atoms with Crippen molar-refractivity contribution >= 4 is 49.9 Å². The molecule has 0 unspecified atom stereocenters. The van der Waals surface area contributed by atoms with Gasteiger partial charge in [-0.15, -0.1) is 11.3 Å². The highest BCUT2D eigenvalue weighted by Crippen LogP contribution is 2.21. The molecule has 5 nitrogen and oxygen atoms in total. The van der Waals surface area contributed by atoms with Crippen LogP contribution in [0, 0.1) is 6.92 Å². The number of rotatable bonds is 4. The number of benzene rings is 1. The first-order valence-electron chi connectivity index (χ1n) is 6.22. The quantitative estimate of drug-likeness (QED) is 0.870. The molecule has 2 N–H and O–H groups in total. The van der Waals surface area contributed by atoms with E-state index in [4.69, 9.17) is 0 Å². The van der Waals surface area contributed by atoms with Crippen LogP contribution >= 0.6 is 27.3 Å². The lowest BCUT2D eigenvalue weighted by atomic mass is 10.2. The Labute approximate surface area is 134 Å². The number of nitrogens with one attached hydrogen (secondary N) is 2. The summed E-state index contributed by atoms with van der Waals surface area (Å²) < 4.78 is 0.970. The maximum Gasteiger partial charge on any atom is 0.230 e. The number of carbonyl (C=O) groups excluding carboxylic acids is 2. The second-order valence-corrected chi connectivity index (χ2v) is 6.28. The van der Waals surface area contributed by atoms with Crippen molar-refractivity contribution in [3.8, 4) is 0 Å². The lowest BCUT2D eigenvalue weighted by Gasteiger charge is -2.07. The van der Waals surface area contributed by atoms with Crippen LogP contribution in [0.15, 0.2) is 28.1 Å². The van der Waals surface area contributed by atoms with Crippen LogP contribution in [0.1, 0.15) is 18.2 Å². The Morgan fingerprint density at radius 3 is 2.76 bits per heavy atom. The number of hydrogen-bond donors (Lipinski definition) is 2. The predicted molar refractivity (Wildman–Crippen MR) is 87.6 cm³/mol. The summed E-state index contributed by atoms with van der Waals surface area (Å²) in [5, 5.41) is 7.72. The fourth-order valence-corrected chi connectivity index (χ4v) is 2.95. The predicted octanol–water partition coefficient (Wildman–Crippen LogP) is 3.35. The van der Waals surface area contributed by atoms with E-state index in [0.29, 0.717) is 10.8 Å². The normalized spacial score (nSPS) is 10.2. The highest BCUT2D eigenvalue weighted by molar-refractivity contribution is 9.10. The molecule has 110 valence electrons. The molecular weight excluding hydrogens is 354 g/mol. The Hall–Kier alpha value is -1.73. The van der Waals surface area contributed by atoms with Crippen LogP contribution in [-0.2, 0) is 16.0 Å². The number of hydrogen-bond acceptors (Lipinski definition) is 4. The summed E-state index contributed by atoms with van der Waals surface area (Å²) in [6, 6.07) is 5.66. The van der Waals surface area contributed by atoms with Gasteiger partial charge in [-0.2, -0.15) is 0 Å². The zero-order valence-electron chi connectivity index (χ0n) is 11.6. The van der Waals surface area contributed by atoms with Crippen molar-refractivity contribution in [3.63, 3.8) is 0 Å². The molecule has 1 aromatic heterocycles. The maximum atomic E-state index is 12.0. The van der Waals surface area contributed by atoms with Crippen LogP contribution in [0.5, 0.6) is 0 Å². The molecular formula is C14H14BrN3O2S. The van der Waals surface area contributed by atoms with Gasteiger partial charge in [0, 0.05) is 22.5 Å². The minimum absolute atomic E-state index is 0.139. The molecule has 1 aromatic carbocycles. The van der Waals surface area contributed by atoms with Crippen molar-refractivity contribution in [2.45, 2.75) is 20.3 Å². The zero-order valence-corrected chi connectivity index (χ0v) is 14.0. The summed E-state index contributed by atoms with van der Waals surface area (Å²) >= 11 is 4.68. The number of aryl methyl sites for hydroxylation is 1. The molecule has 0 atom stereocenters. The Morgan fingerprint density at radius 2 is 2.10 bits per heavy atom. The monoisotopic (exact) mass is 367 g/mol. The van der Waals surface area contributed by atoms with Crippen molar-refractivity contribution in [3.05, 3.63) is 39.3 Å². The van der Waals surface area contributed by atoms with E-state index >= 15 is 0 Å². The van der Waals surface area contributed by atoms with Crippen LogP contribution in [0.4, 0.5) is 10.8 Å². The molecule has 0 radical (unpaired) electrons. The van der Waals surface area contributed by atoms with Crippen LogP contribution in [0.25, 0.3) is 0 Å². The summed E-state index contributed by atoms with van der Waals surface area (Å²) in [4.78, 5) is 27.1. The average Bonchev–Trinajstić information content (AvgIpc) is 2.79. The number of nitrogens with zero attached hydrogens (tertiary/aromatic N) is 1. The van der Waals surface area contributed by atoms with Gasteiger partial charge in [-0.3, -0.25) is 9.59 Å². The van der Waals surface area contributed by atoms with Gasteiger partial charge in [0.1, 0.15) is 0 Å². The van der Waals surface area contributed by atoms with Crippen molar-refractivity contribution in [2.75, 3.05) is 10.6 Å². The largest absolute Gasteiger partial charge is 0.326 e. The van der Waals surface area contributed by atoms with E-state index in [1.54, 1.807) is 5.38 Å². The number of carbonyl (C=O) groups is 2. The first-order chi connectivity index (χ1) is 9.94. The van der Waals surface area contributed by atoms with Crippen molar-refractivity contribution in [1.29, 1.82) is 0 Å². The number of aromatic nitrogens is 1. The maximum absolute atomic E-state index is 12.0. The zero-order chi connectivity index (χ0) is 15.4. The van der Waals surface area contributed by atoms with Crippen molar-refractivity contribution < 1.29 is 9.59 Å². The lowest BCUT2D eigenvalue weighted by Crippen LogP contribution is -2.15. The van der Waals surface area contributed by atoms with Gasteiger partial charge in [-0.05, 0) is 30.7 Å². The summed E-state index contributed by atoms with van der Waals surface area (Å²) in [6.07, 6.45) is 0.172. The van der Waals surface area contributed by atoms with Gasteiger partial charge in [0.25, 0.3) is 0 Å². The summed E-state index contributed by atoms with van der Waals surface area (Å²) in [7, 11) is 0. The lowest BCUT2D eigenvalue weighted by molar-refractivity contribution is -0.116. The molecule has 0 aliphatic rings. The molecule has 0 saturated carbocycles. The van der Waals surface area contributed by atoms with Gasteiger partial charge in [0.15, 0.2) is 5.13 Å². The molecule has 0 bridgehead atoms. The second-order valence-electron chi connectivity index (χ2n) is 4.51. The van der Waals surface area contributed by atoms with E-state index in [1.807, 2.05) is 25.1 Å². The highest BCUT2D eigenvalue weighted by Gasteiger charge is 2.10. The minimum atomic E-state index is -0.175. The Balaban J connectivity index is 1.98. The van der Waals surface area contributed by atoms with Gasteiger partial charge in [-0.25, -0.2) is 4.98 Å². The first kappa shape index (κ1) is 15.7. The van der Waals surface area contributed by atoms with E-state index in [0.717, 1.165) is 15.7 Å². The molecule has 2 aromatic rings. The third kappa shape index (κ3) is 4.64. The number of thiazole rings is 1. The van der Waals surface area contributed by atoms with Gasteiger partial charge >= 0.3 is 0 Å². The van der Waals surface area contributed by atoms with Crippen LogP contribution < -0.4 is 10.6 Å². The van der Waals surface area contributed by atoms with E-state index in [-0.39, 0.29) is 18.2 Å². The molecule has 0 aliphatic carbocycles. The molecule has 2 amide bonds. The molecule has 0 saturated heterocycles. The van der Waals surface area contributed by atoms with Gasteiger partial charge in [-0.1, -0.05) is 15.9 Å². The third-order valence-electron chi connectivity index (χ3n) is 2.64. The summed E-state index contributed by atoms with van der Waals surface area (Å²) in [6.45, 7) is 3.35. The van der Waals surface area contributed by atoms with Gasteiger partial charge < -0.3 is 10.6 Å². The average molecular weight is 368 g/mol. The number of anilines is 2. The smallest absolute Gasteiger partial charge is 0.230 e. The van der Waals surface area contributed by atoms with Crippen molar-refractivity contribution in [2.24, 2.45) is 0 Å². The third-order valence-corrected chi connectivity index (χ3v) is 3.94. The van der Waals surface area contributed by atoms with Gasteiger partial charge in [0.05, 0.1) is 12.1 Å². The Bertz CT molecular complexity index is 685. The van der Waals surface area contributed by atoms with Crippen molar-refractivity contribution in [1.82, 2.24) is 4.98 Å². The fraction of sp³-hybridized carbons (Fsp3) is 0.214. The fourth-order valence-electron chi connectivity index (χ4n) is 1.72. The van der Waals surface area contributed by atoms with E-state index in [1.165, 1.54) is 18.3 Å². The van der Waals surface area contributed by atoms with Crippen LogP contribution in [-0.4, -0.2) is 16.8 Å². The molecule has 7 heteroatoms. The number of amides is 2. The number of halogens is 1. The van der Waals surface area contributed by atoms with E-state index in [9.17, 15) is 9.59 Å². The summed E-state index contributed by atoms with van der Waals surface area (Å²) in [5.41, 5.74) is 2.39. The van der Waals surface area contributed by atoms with Gasteiger partial charge in [0.2, 0.25) is 11.8 Å². The summed E-state index contributed by atoms with van der Waals surface area (Å²) in [5.74, 6) is -0.314. The Morgan fingerprint density at radius 1 is 1.33 bits per heavy atom. The molecule has 1 heterocycles. The molecule has 2 rings (SSSR count). The van der Waals surface area contributed by atoms with Crippen LogP contribution in [0.2, 0.25) is 0 Å². The second kappa shape index (κ2) is 6.82. The SMILES string of the molecule is CC(=O)Nc1nc(CC(=O)Nc2ccc(Br)cc2C)cs1. The van der Waals surface area contributed by atoms with E-state index in [2.05, 4.69) is 31.5 Å². The highest BCUT2D eigenvalue weighted by atomic mass is 79.9. The topological polar surface area (TPSA) is 71.1 Å². The standard InChI is InChI=1S/C14H14BrN3O2S/c1-8-5-10(15)3-4-12(8)18-13(20)6-11-7-21-14(17-11)16-9(2)19/h3-5,7H,6H2,1-2H3,(H,18,20)(H,16,17,19). The Kier molecular flexibility index (Phi) is 5.08. The molecule has 0 spiro atoms.